The molecule has 1 aromatic rings. The number of carbonyl (C=O) groups excluding carboxylic acids is 1. The molecule has 0 radical (unpaired) electrons. The molecule has 1 unspecified atom stereocenters. The van der Waals surface area contributed by atoms with Crippen molar-refractivity contribution in [2.45, 2.75) is 12.5 Å². The lowest BCUT2D eigenvalue weighted by atomic mass is 10.1. The molecule has 0 aromatic heterocycles. The SMILES string of the molecule is CO.O=C([O-])CC(O)c1ccccc1. The number of hydrogen-bond acceptors (Lipinski definition) is 4. The number of benzene rings is 1. The Labute approximate surface area is 82.4 Å². The highest BCUT2D eigenvalue weighted by atomic mass is 16.4. The molecular formula is C10H13O4-. The van der Waals surface area contributed by atoms with E-state index in [0.717, 1.165) is 7.11 Å². The van der Waals surface area contributed by atoms with Crippen molar-refractivity contribution in [3.05, 3.63) is 35.9 Å². The van der Waals surface area contributed by atoms with E-state index in [9.17, 15) is 15.0 Å². The van der Waals surface area contributed by atoms with Crippen LogP contribution in [0.1, 0.15) is 18.1 Å². The molecule has 0 fully saturated rings. The first-order valence-electron chi connectivity index (χ1n) is 4.07. The molecule has 0 saturated heterocycles. The molecule has 4 nitrogen and oxygen atoms in total. The number of carboxylic acid groups (broad SMARTS) is 1. The molecule has 14 heavy (non-hydrogen) atoms. The van der Waals surface area contributed by atoms with Gasteiger partial charge in [-0.1, -0.05) is 30.3 Å². The van der Waals surface area contributed by atoms with E-state index in [1.54, 1.807) is 30.3 Å². The van der Waals surface area contributed by atoms with Crippen molar-refractivity contribution in [1.82, 2.24) is 0 Å². The molecular weight excluding hydrogens is 184 g/mol. The van der Waals surface area contributed by atoms with Gasteiger partial charge in [0.1, 0.15) is 0 Å². The Bertz CT molecular complexity index is 258. The average Bonchev–Trinajstić information content (AvgIpc) is 2.21. The van der Waals surface area contributed by atoms with Crippen molar-refractivity contribution in [3.63, 3.8) is 0 Å². The molecule has 0 spiro atoms. The number of aliphatic hydroxyl groups excluding tert-OH is 2. The van der Waals surface area contributed by atoms with Gasteiger partial charge >= 0.3 is 0 Å². The molecule has 1 atom stereocenters. The molecule has 78 valence electrons. The molecule has 0 heterocycles. The third-order valence-electron chi connectivity index (χ3n) is 1.54. The van der Waals surface area contributed by atoms with Gasteiger partial charge in [-0.05, 0) is 5.56 Å². The summed E-state index contributed by atoms with van der Waals surface area (Å²) in [6.45, 7) is 0. The number of aliphatic carboxylic acids is 1. The maximum absolute atomic E-state index is 10.1. The van der Waals surface area contributed by atoms with Crippen LogP contribution in [0.15, 0.2) is 30.3 Å². The molecule has 0 bridgehead atoms. The van der Waals surface area contributed by atoms with Gasteiger partial charge in [0, 0.05) is 19.5 Å². The van der Waals surface area contributed by atoms with E-state index >= 15 is 0 Å². The van der Waals surface area contributed by atoms with Crippen molar-refractivity contribution in [2.75, 3.05) is 7.11 Å². The molecule has 0 amide bonds. The van der Waals surface area contributed by atoms with Crippen molar-refractivity contribution < 1.29 is 20.1 Å². The summed E-state index contributed by atoms with van der Waals surface area (Å²) in [6, 6.07) is 8.64. The smallest absolute Gasteiger partial charge is 0.0842 e. The second kappa shape index (κ2) is 7.06. The van der Waals surface area contributed by atoms with Gasteiger partial charge < -0.3 is 20.1 Å². The highest BCUT2D eigenvalue weighted by molar-refractivity contribution is 5.65. The Morgan fingerprint density at radius 3 is 2.29 bits per heavy atom. The maximum Gasteiger partial charge on any atom is 0.0842 e. The van der Waals surface area contributed by atoms with Gasteiger partial charge in [0.05, 0.1) is 6.10 Å². The van der Waals surface area contributed by atoms with Gasteiger partial charge in [0.15, 0.2) is 0 Å². The van der Waals surface area contributed by atoms with Crippen molar-refractivity contribution in [2.24, 2.45) is 0 Å². The minimum absolute atomic E-state index is 0.357. The Hall–Kier alpha value is -1.39. The Kier molecular flexibility index (Phi) is 6.36. The summed E-state index contributed by atoms with van der Waals surface area (Å²) in [5.41, 5.74) is 0.599. The van der Waals surface area contributed by atoms with Gasteiger partial charge in [-0.2, -0.15) is 0 Å². The van der Waals surface area contributed by atoms with Crippen LogP contribution in [0.25, 0.3) is 0 Å². The summed E-state index contributed by atoms with van der Waals surface area (Å²) in [5, 5.41) is 26.4. The van der Waals surface area contributed by atoms with E-state index < -0.39 is 12.1 Å². The van der Waals surface area contributed by atoms with Gasteiger partial charge in [0.2, 0.25) is 0 Å². The Morgan fingerprint density at radius 1 is 1.36 bits per heavy atom. The summed E-state index contributed by atoms with van der Waals surface area (Å²) in [5.74, 6) is -1.24. The summed E-state index contributed by atoms with van der Waals surface area (Å²) in [4.78, 5) is 10.1. The van der Waals surface area contributed by atoms with Gasteiger partial charge in [0.25, 0.3) is 0 Å². The monoisotopic (exact) mass is 197 g/mol. The summed E-state index contributed by atoms with van der Waals surface area (Å²) in [6.07, 6.45) is -1.32. The third-order valence-corrected chi connectivity index (χ3v) is 1.54. The predicted molar refractivity (Wildman–Crippen MR) is 49.2 cm³/mol. The zero-order valence-electron chi connectivity index (χ0n) is 7.88. The molecule has 4 heteroatoms. The summed E-state index contributed by atoms with van der Waals surface area (Å²) < 4.78 is 0. The minimum Gasteiger partial charge on any atom is -0.550 e. The first-order chi connectivity index (χ1) is 6.70. The van der Waals surface area contributed by atoms with Crippen LogP contribution in [-0.4, -0.2) is 23.3 Å². The summed E-state index contributed by atoms with van der Waals surface area (Å²) >= 11 is 0. The van der Waals surface area contributed by atoms with Gasteiger partial charge in [-0.3, -0.25) is 0 Å². The average molecular weight is 197 g/mol. The van der Waals surface area contributed by atoms with E-state index in [1.807, 2.05) is 0 Å². The zero-order chi connectivity index (χ0) is 11.0. The highest BCUT2D eigenvalue weighted by Gasteiger charge is 2.05. The van der Waals surface area contributed by atoms with E-state index in [0.29, 0.717) is 5.56 Å². The fraction of sp³-hybridized carbons (Fsp3) is 0.300. The van der Waals surface area contributed by atoms with Crippen LogP contribution in [0.3, 0.4) is 0 Å². The van der Waals surface area contributed by atoms with Crippen LogP contribution in [0.2, 0.25) is 0 Å². The quantitative estimate of drug-likeness (QED) is 0.682. The zero-order valence-corrected chi connectivity index (χ0v) is 7.88. The standard InChI is InChI=1S/C9H10O3.CH4O/c10-8(6-9(11)12)7-4-2-1-3-5-7;1-2/h1-5,8,10H,6H2,(H,11,12);2H,1H3/p-1. The topological polar surface area (TPSA) is 80.6 Å². The number of rotatable bonds is 3. The van der Waals surface area contributed by atoms with Crippen LogP contribution < -0.4 is 5.11 Å². The highest BCUT2D eigenvalue weighted by Crippen LogP contribution is 2.14. The fourth-order valence-electron chi connectivity index (χ4n) is 0.951. The largest absolute Gasteiger partial charge is 0.550 e. The lowest BCUT2D eigenvalue weighted by Gasteiger charge is -2.10. The van der Waals surface area contributed by atoms with Crippen LogP contribution in [0.4, 0.5) is 0 Å². The Morgan fingerprint density at radius 2 is 1.86 bits per heavy atom. The van der Waals surface area contributed by atoms with E-state index in [2.05, 4.69) is 0 Å². The molecule has 0 aliphatic heterocycles. The number of aliphatic hydroxyl groups is 2. The van der Waals surface area contributed by atoms with Crippen LogP contribution in [-0.2, 0) is 4.79 Å². The molecule has 1 rings (SSSR count). The lowest BCUT2D eigenvalue weighted by molar-refractivity contribution is -0.307. The number of hydrogen-bond donors (Lipinski definition) is 2. The second-order valence-corrected chi connectivity index (χ2v) is 2.50. The Balaban J connectivity index is 0.000000791. The van der Waals surface area contributed by atoms with Gasteiger partial charge in [-0.25, -0.2) is 0 Å². The predicted octanol–water partition coefficient (Wildman–Crippen LogP) is -0.532. The molecule has 2 N–H and O–H groups in total. The van der Waals surface area contributed by atoms with Crippen molar-refractivity contribution >= 4 is 5.97 Å². The van der Waals surface area contributed by atoms with Gasteiger partial charge in [-0.15, -0.1) is 0 Å². The molecule has 0 aliphatic carbocycles. The maximum atomic E-state index is 10.1. The lowest BCUT2D eigenvalue weighted by Crippen LogP contribution is -2.24. The second-order valence-electron chi connectivity index (χ2n) is 2.50. The van der Waals surface area contributed by atoms with E-state index in [4.69, 9.17) is 5.11 Å². The molecule has 0 aliphatic rings. The van der Waals surface area contributed by atoms with Crippen LogP contribution in [0.5, 0.6) is 0 Å². The third kappa shape index (κ3) is 4.59. The van der Waals surface area contributed by atoms with Crippen molar-refractivity contribution in [1.29, 1.82) is 0 Å². The molecule has 1 aromatic carbocycles. The van der Waals surface area contributed by atoms with E-state index in [-0.39, 0.29) is 6.42 Å². The van der Waals surface area contributed by atoms with Crippen LogP contribution >= 0.6 is 0 Å². The number of carbonyl (C=O) groups is 1. The van der Waals surface area contributed by atoms with Crippen molar-refractivity contribution in [3.8, 4) is 0 Å². The normalized spacial score (nSPS) is 11.1. The fourth-order valence-corrected chi connectivity index (χ4v) is 0.951. The van der Waals surface area contributed by atoms with E-state index in [1.165, 1.54) is 0 Å². The first kappa shape index (κ1) is 12.6. The molecule has 0 saturated carbocycles. The number of carboxylic acids is 1. The minimum atomic E-state index is -1.24. The van der Waals surface area contributed by atoms with Crippen LogP contribution in [0, 0.1) is 0 Å². The first-order valence-corrected chi connectivity index (χ1v) is 4.07. The summed E-state index contributed by atoms with van der Waals surface area (Å²) in [7, 11) is 1.00.